The molecule has 1 aliphatic heterocycles. The van der Waals surface area contributed by atoms with Gasteiger partial charge in [0.1, 0.15) is 18.0 Å². The highest BCUT2D eigenvalue weighted by atomic mass is 32.2. The van der Waals surface area contributed by atoms with Crippen LogP contribution >= 0.6 is 0 Å². The molecule has 1 aromatic carbocycles. The maximum absolute atomic E-state index is 14.5. The van der Waals surface area contributed by atoms with E-state index in [2.05, 4.69) is 15.3 Å². The van der Waals surface area contributed by atoms with Crippen molar-refractivity contribution in [1.29, 1.82) is 0 Å². The number of carbonyl (C=O) groups excluding carboxylic acids is 1. The van der Waals surface area contributed by atoms with Crippen molar-refractivity contribution < 1.29 is 27.2 Å². The van der Waals surface area contributed by atoms with Crippen LogP contribution in [0.15, 0.2) is 29.4 Å². The van der Waals surface area contributed by atoms with E-state index in [0.29, 0.717) is 36.9 Å². The van der Waals surface area contributed by atoms with Gasteiger partial charge in [-0.25, -0.2) is 22.6 Å². The smallest absolute Gasteiger partial charge is 0.410 e. The molecule has 2 aromatic rings. The summed E-state index contributed by atoms with van der Waals surface area (Å²) in [6.45, 7) is 6.84. The minimum atomic E-state index is -3.52. The van der Waals surface area contributed by atoms with E-state index in [0.717, 1.165) is 25.2 Å². The van der Waals surface area contributed by atoms with Gasteiger partial charge in [-0.05, 0) is 51.8 Å². The topological polar surface area (TPSA) is 114 Å². The summed E-state index contributed by atoms with van der Waals surface area (Å²) in [4.78, 5) is 28.5. The van der Waals surface area contributed by atoms with Gasteiger partial charge in [-0.1, -0.05) is 0 Å². The minimum absolute atomic E-state index is 0.0797. The van der Waals surface area contributed by atoms with Crippen molar-refractivity contribution in [2.45, 2.75) is 50.2 Å². The van der Waals surface area contributed by atoms with Gasteiger partial charge < -0.3 is 19.8 Å². The molecule has 0 bridgehead atoms. The summed E-state index contributed by atoms with van der Waals surface area (Å²) in [5, 5.41) is 4.74. The van der Waals surface area contributed by atoms with Crippen LogP contribution in [0.2, 0.25) is 0 Å². The van der Waals surface area contributed by atoms with Crippen LogP contribution in [0.5, 0.6) is 5.88 Å². The third-order valence-electron chi connectivity index (χ3n) is 5.87. The second-order valence-electron chi connectivity index (χ2n) is 8.96. The van der Waals surface area contributed by atoms with E-state index >= 15 is 0 Å². The van der Waals surface area contributed by atoms with Crippen molar-refractivity contribution in [1.82, 2.24) is 19.9 Å². The van der Waals surface area contributed by atoms with Crippen molar-refractivity contribution in [2.75, 3.05) is 31.2 Å². The molecule has 0 unspecified atom stereocenters. The first kappa shape index (κ1) is 24.1. The van der Waals surface area contributed by atoms with Crippen molar-refractivity contribution in [3.05, 3.63) is 35.9 Å². The van der Waals surface area contributed by atoms with E-state index in [-0.39, 0.29) is 28.3 Å². The number of nitrogens with one attached hydrogen (secondary N) is 1. The number of sulfone groups is 1. The molecule has 12 heteroatoms. The maximum atomic E-state index is 14.5. The lowest BCUT2D eigenvalue weighted by atomic mass is 10.2. The Morgan fingerprint density at radius 3 is 2.59 bits per heavy atom. The fourth-order valence-corrected chi connectivity index (χ4v) is 4.43. The van der Waals surface area contributed by atoms with Crippen LogP contribution in [0.1, 0.15) is 32.3 Å². The van der Waals surface area contributed by atoms with Crippen LogP contribution < -0.4 is 10.2 Å². The van der Waals surface area contributed by atoms with Crippen LogP contribution in [0.3, 0.4) is 0 Å². The van der Waals surface area contributed by atoms with Gasteiger partial charge in [0, 0.05) is 19.3 Å². The maximum Gasteiger partial charge on any atom is 0.410 e. The Hall–Kier alpha value is -2.99. The van der Waals surface area contributed by atoms with E-state index in [1.54, 1.807) is 11.8 Å². The SMILES string of the molecule is Cc1c(Nc2ccc(S(C)(=O)=O)cc2F)ncnc1ON1CCN(C(=O)OC(C)C)CC12CC2. The number of rotatable bonds is 6. The Bertz CT molecular complexity index is 1200. The Labute approximate surface area is 197 Å². The standard InChI is InChI=1S/C22H28FN5O5S/c1-14(2)32-21(29)27-9-10-28(22(12-27)7-8-22)33-20-15(3)19(24-13-25-20)26-18-6-5-16(11-17(18)23)34(4,30)31/h5-6,11,13-14H,7-10,12H2,1-4H3,(H,24,25,26). The van der Waals surface area contributed by atoms with Crippen LogP contribution in [0.25, 0.3) is 0 Å². The van der Waals surface area contributed by atoms with E-state index in [1.807, 2.05) is 18.9 Å². The fraction of sp³-hybridized carbons (Fsp3) is 0.500. The van der Waals surface area contributed by atoms with Crippen LogP contribution in [0, 0.1) is 12.7 Å². The van der Waals surface area contributed by atoms with E-state index < -0.39 is 15.7 Å². The lowest BCUT2D eigenvalue weighted by molar-refractivity contribution is -0.140. The summed E-state index contributed by atoms with van der Waals surface area (Å²) in [5.74, 6) is -0.0695. The number of hydrogen-bond acceptors (Lipinski definition) is 9. The lowest BCUT2D eigenvalue weighted by Gasteiger charge is -2.40. The molecule has 4 rings (SSSR count). The predicted molar refractivity (Wildman–Crippen MR) is 122 cm³/mol. The zero-order valence-corrected chi connectivity index (χ0v) is 20.4. The zero-order valence-electron chi connectivity index (χ0n) is 19.5. The molecular weight excluding hydrogens is 465 g/mol. The molecule has 10 nitrogen and oxygen atoms in total. The molecule has 2 heterocycles. The number of ether oxygens (including phenoxy) is 1. The number of hydrogen-bond donors (Lipinski definition) is 1. The number of amides is 1. The molecule has 1 spiro atoms. The third kappa shape index (κ3) is 5.07. The van der Waals surface area contributed by atoms with Gasteiger partial charge in [-0.3, -0.25) is 0 Å². The number of benzene rings is 1. The number of carbonyl (C=O) groups is 1. The molecule has 2 aliphatic rings. The summed E-state index contributed by atoms with van der Waals surface area (Å²) in [6, 6.07) is 3.64. The highest BCUT2D eigenvalue weighted by Crippen LogP contribution is 2.45. The van der Waals surface area contributed by atoms with Gasteiger partial charge in [-0.15, -0.1) is 5.06 Å². The van der Waals surface area contributed by atoms with Gasteiger partial charge in [0.15, 0.2) is 9.84 Å². The van der Waals surface area contributed by atoms with Crippen LogP contribution in [-0.2, 0) is 14.6 Å². The van der Waals surface area contributed by atoms with Crippen molar-refractivity contribution in [3.8, 4) is 5.88 Å². The number of anilines is 2. The van der Waals surface area contributed by atoms with Gasteiger partial charge in [0.25, 0.3) is 0 Å². The summed E-state index contributed by atoms with van der Waals surface area (Å²) >= 11 is 0. The second kappa shape index (κ2) is 8.99. The normalized spacial score (nSPS) is 17.6. The van der Waals surface area contributed by atoms with Crippen molar-refractivity contribution >= 4 is 27.4 Å². The molecule has 2 fully saturated rings. The summed E-state index contributed by atoms with van der Waals surface area (Å²) < 4.78 is 43.1. The van der Waals surface area contributed by atoms with E-state index in [4.69, 9.17) is 9.57 Å². The van der Waals surface area contributed by atoms with Crippen LogP contribution in [0.4, 0.5) is 20.7 Å². The molecule has 0 atom stereocenters. The first-order valence-electron chi connectivity index (χ1n) is 11.0. The molecule has 1 saturated heterocycles. The lowest BCUT2D eigenvalue weighted by Crippen LogP contribution is -2.57. The van der Waals surface area contributed by atoms with Gasteiger partial charge in [0.05, 0.1) is 34.3 Å². The monoisotopic (exact) mass is 493 g/mol. The number of piperazine rings is 1. The van der Waals surface area contributed by atoms with E-state index in [1.165, 1.54) is 18.5 Å². The molecule has 0 radical (unpaired) electrons. The molecule has 1 amide bonds. The number of halogens is 1. The Morgan fingerprint density at radius 2 is 1.97 bits per heavy atom. The Balaban J connectivity index is 1.48. The first-order chi connectivity index (χ1) is 16.0. The average Bonchev–Trinajstić information content (AvgIpc) is 3.52. The van der Waals surface area contributed by atoms with Gasteiger partial charge in [0.2, 0.25) is 5.88 Å². The largest absolute Gasteiger partial charge is 0.447 e. The summed E-state index contributed by atoms with van der Waals surface area (Å²) in [7, 11) is -3.52. The number of aromatic nitrogens is 2. The Morgan fingerprint density at radius 1 is 1.24 bits per heavy atom. The van der Waals surface area contributed by atoms with Crippen LogP contribution in [-0.4, -0.2) is 72.0 Å². The second-order valence-corrected chi connectivity index (χ2v) is 11.0. The van der Waals surface area contributed by atoms with Crippen molar-refractivity contribution in [3.63, 3.8) is 0 Å². The predicted octanol–water partition coefficient (Wildman–Crippen LogP) is 3.06. The van der Waals surface area contributed by atoms with Gasteiger partial charge in [-0.2, -0.15) is 4.98 Å². The summed E-state index contributed by atoms with van der Waals surface area (Å²) in [6.07, 6.45) is 3.58. The van der Waals surface area contributed by atoms with Crippen molar-refractivity contribution in [2.24, 2.45) is 0 Å². The van der Waals surface area contributed by atoms with E-state index in [9.17, 15) is 17.6 Å². The minimum Gasteiger partial charge on any atom is -0.447 e. The molecule has 1 saturated carbocycles. The molecule has 1 aliphatic carbocycles. The third-order valence-corrected chi connectivity index (χ3v) is 6.98. The quantitative estimate of drug-likeness (QED) is 0.648. The average molecular weight is 494 g/mol. The van der Waals surface area contributed by atoms with Gasteiger partial charge >= 0.3 is 6.09 Å². The number of hydroxylamine groups is 2. The molecule has 34 heavy (non-hydrogen) atoms. The Kier molecular flexibility index (Phi) is 6.38. The summed E-state index contributed by atoms with van der Waals surface area (Å²) in [5.41, 5.74) is 0.356. The fourth-order valence-electron chi connectivity index (χ4n) is 3.80. The highest BCUT2D eigenvalue weighted by molar-refractivity contribution is 7.90. The molecule has 184 valence electrons. The molecule has 1 aromatic heterocycles. The first-order valence-corrected chi connectivity index (χ1v) is 12.9. The highest BCUT2D eigenvalue weighted by Gasteiger charge is 2.54. The number of nitrogens with zero attached hydrogens (tertiary/aromatic N) is 4. The zero-order chi connectivity index (χ0) is 24.7. The molecular formula is C22H28FN5O5S. The molecule has 1 N–H and O–H groups in total.